The second-order valence-electron chi connectivity index (χ2n) is 6.89. The van der Waals surface area contributed by atoms with Crippen molar-refractivity contribution in [3.63, 3.8) is 0 Å². The fourth-order valence-electron chi connectivity index (χ4n) is 5.21. The zero-order valence-electron chi connectivity index (χ0n) is 11.4. The summed E-state index contributed by atoms with van der Waals surface area (Å²) in [5.41, 5.74) is 0.172. The lowest BCUT2D eigenvalue weighted by atomic mass is 9.54. The van der Waals surface area contributed by atoms with Gasteiger partial charge in [0.2, 0.25) is 0 Å². The summed E-state index contributed by atoms with van der Waals surface area (Å²) >= 11 is 0. The van der Waals surface area contributed by atoms with Crippen LogP contribution in [0.3, 0.4) is 0 Å². The van der Waals surface area contributed by atoms with Gasteiger partial charge in [-0.15, -0.1) is 0 Å². The van der Waals surface area contributed by atoms with E-state index in [1.807, 2.05) is 0 Å². The fourth-order valence-corrected chi connectivity index (χ4v) is 5.21. The molecular formula is C16H19NO3. The second kappa shape index (κ2) is 4.21. The van der Waals surface area contributed by atoms with Crippen LogP contribution in [0.2, 0.25) is 0 Å². The van der Waals surface area contributed by atoms with Gasteiger partial charge in [0.1, 0.15) is 0 Å². The first kappa shape index (κ1) is 12.2. The van der Waals surface area contributed by atoms with Crippen LogP contribution in [0.1, 0.15) is 48.5 Å². The molecule has 0 spiro atoms. The average molecular weight is 273 g/mol. The van der Waals surface area contributed by atoms with Gasteiger partial charge in [0.05, 0.1) is 5.56 Å². The fraction of sp³-hybridized carbons (Fsp3) is 0.625. The maximum Gasteiger partial charge on any atom is 0.337 e. The van der Waals surface area contributed by atoms with Gasteiger partial charge in [-0.3, -0.25) is 4.79 Å². The number of carboxylic acid groups (broad SMARTS) is 1. The highest BCUT2D eigenvalue weighted by molar-refractivity contribution is 5.87. The van der Waals surface area contributed by atoms with Crippen LogP contribution < -0.4 is 5.56 Å². The van der Waals surface area contributed by atoms with Crippen LogP contribution in [-0.4, -0.2) is 15.6 Å². The highest BCUT2D eigenvalue weighted by Gasteiger charge is 2.49. The maximum atomic E-state index is 12.2. The lowest BCUT2D eigenvalue weighted by Crippen LogP contribution is -2.48. The summed E-state index contributed by atoms with van der Waals surface area (Å²) in [4.78, 5) is 23.3. The molecule has 0 atom stereocenters. The summed E-state index contributed by atoms with van der Waals surface area (Å²) in [5.74, 6) is 1.91. The molecule has 0 amide bonds. The summed E-state index contributed by atoms with van der Waals surface area (Å²) in [6.45, 7) is 0. The Morgan fingerprint density at radius 3 is 2.20 bits per heavy atom. The standard InChI is InChI=1S/C16H19NO3/c18-14-2-1-11(16(19)20)8-17(14)15-12-4-9-3-10(6-12)7-13(15)5-9/h1-2,8-10,12-13,15H,3-7H2,(H,19,20). The van der Waals surface area contributed by atoms with Gasteiger partial charge in [0.25, 0.3) is 5.56 Å². The summed E-state index contributed by atoms with van der Waals surface area (Å²) in [5, 5.41) is 9.14. The summed E-state index contributed by atoms with van der Waals surface area (Å²) in [6, 6.07) is 3.06. The van der Waals surface area contributed by atoms with E-state index < -0.39 is 5.97 Å². The number of carbonyl (C=O) groups is 1. The zero-order valence-corrected chi connectivity index (χ0v) is 11.4. The molecule has 20 heavy (non-hydrogen) atoms. The Morgan fingerprint density at radius 1 is 1.05 bits per heavy atom. The maximum absolute atomic E-state index is 12.2. The number of hydrogen-bond donors (Lipinski definition) is 1. The number of carboxylic acids is 1. The van der Waals surface area contributed by atoms with Gasteiger partial charge in [-0.2, -0.15) is 0 Å². The third-order valence-corrected chi connectivity index (χ3v) is 5.68. The normalized spacial score (nSPS) is 38.1. The highest BCUT2D eigenvalue weighted by Crippen LogP contribution is 2.57. The molecule has 4 aliphatic carbocycles. The average Bonchev–Trinajstić information content (AvgIpc) is 2.39. The molecule has 0 unspecified atom stereocenters. The summed E-state index contributed by atoms with van der Waals surface area (Å²) in [6.07, 6.45) is 7.84. The van der Waals surface area contributed by atoms with Crippen molar-refractivity contribution in [1.29, 1.82) is 0 Å². The molecule has 5 rings (SSSR count). The molecule has 1 N–H and O–H groups in total. The lowest BCUT2D eigenvalue weighted by molar-refractivity contribution is -0.0304. The van der Waals surface area contributed by atoms with Gasteiger partial charge in [-0.1, -0.05) is 0 Å². The Balaban J connectivity index is 1.76. The van der Waals surface area contributed by atoms with Gasteiger partial charge in [0, 0.05) is 18.3 Å². The van der Waals surface area contributed by atoms with E-state index in [2.05, 4.69) is 0 Å². The van der Waals surface area contributed by atoms with Gasteiger partial charge in [-0.05, 0) is 61.8 Å². The quantitative estimate of drug-likeness (QED) is 0.900. The summed E-state index contributed by atoms with van der Waals surface area (Å²) in [7, 11) is 0. The SMILES string of the molecule is O=C(O)c1ccc(=O)n(C2C3CC4CC(C3)CC2C4)c1. The molecule has 4 bridgehead atoms. The van der Waals surface area contributed by atoms with Crippen molar-refractivity contribution in [3.8, 4) is 0 Å². The largest absolute Gasteiger partial charge is 0.478 e. The van der Waals surface area contributed by atoms with Crippen LogP contribution >= 0.6 is 0 Å². The van der Waals surface area contributed by atoms with Crippen LogP contribution in [0.5, 0.6) is 0 Å². The first-order valence-corrected chi connectivity index (χ1v) is 7.57. The molecule has 4 aliphatic rings. The van der Waals surface area contributed by atoms with Crippen LogP contribution in [0.4, 0.5) is 0 Å². The Morgan fingerprint density at radius 2 is 1.65 bits per heavy atom. The molecular weight excluding hydrogens is 254 g/mol. The minimum absolute atomic E-state index is 0.0486. The van der Waals surface area contributed by atoms with E-state index in [1.54, 1.807) is 10.8 Å². The Hall–Kier alpha value is -1.58. The van der Waals surface area contributed by atoms with Crippen LogP contribution in [0.15, 0.2) is 23.1 Å². The molecule has 106 valence electrons. The molecule has 0 radical (unpaired) electrons. The number of hydrogen-bond acceptors (Lipinski definition) is 2. The smallest absolute Gasteiger partial charge is 0.337 e. The van der Waals surface area contributed by atoms with Gasteiger partial charge < -0.3 is 9.67 Å². The van der Waals surface area contributed by atoms with E-state index >= 15 is 0 Å². The molecule has 4 heteroatoms. The summed E-state index contributed by atoms with van der Waals surface area (Å²) < 4.78 is 1.73. The number of pyridine rings is 1. The van der Waals surface area contributed by atoms with E-state index in [4.69, 9.17) is 5.11 Å². The Labute approximate surface area is 117 Å². The predicted octanol–water partition coefficient (Wildman–Crippen LogP) is 2.54. The predicted molar refractivity (Wildman–Crippen MR) is 73.7 cm³/mol. The highest BCUT2D eigenvalue weighted by atomic mass is 16.4. The minimum Gasteiger partial charge on any atom is -0.478 e. The molecule has 1 aromatic heterocycles. The van der Waals surface area contributed by atoms with Crippen LogP contribution in [-0.2, 0) is 0 Å². The molecule has 4 fully saturated rings. The molecule has 1 aromatic rings. The third-order valence-electron chi connectivity index (χ3n) is 5.68. The van der Waals surface area contributed by atoms with E-state index in [1.165, 1.54) is 44.2 Å². The van der Waals surface area contributed by atoms with E-state index in [0.29, 0.717) is 11.8 Å². The molecule has 0 aromatic carbocycles. The van der Waals surface area contributed by atoms with Crippen molar-refractivity contribution in [2.75, 3.05) is 0 Å². The third kappa shape index (κ3) is 1.74. The molecule has 4 saturated carbocycles. The van der Waals surface area contributed by atoms with Gasteiger partial charge >= 0.3 is 5.97 Å². The van der Waals surface area contributed by atoms with Gasteiger partial charge in [-0.25, -0.2) is 4.79 Å². The number of aromatic carboxylic acids is 1. The van der Waals surface area contributed by atoms with E-state index in [9.17, 15) is 9.59 Å². The first-order valence-electron chi connectivity index (χ1n) is 7.57. The first-order chi connectivity index (χ1) is 9.61. The van der Waals surface area contributed by atoms with Crippen molar-refractivity contribution in [3.05, 3.63) is 34.2 Å². The van der Waals surface area contributed by atoms with Crippen molar-refractivity contribution in [2.24, 2.45) is 23.7 Å². The van der Waals surface area contributed by atoms with Crippen molar-refractivity contribution >= 4 is 5.97 Å². The molecule has 0 aliphatic heterocycles. The minimum atomic E-state index is -0.956. The van der Waals surface area contributed by atoms with Gasteiger partial charge in [0.15, 0.2) is 0 Å². The molecule has 4 nitrogen and oxygen atoms in total. The monoisotopic (exact) mass is 273 g/mol. The lowest BCUT2D eigenvalue weighted by Gasteiger charge is -2.54. The molecule has 0 saturated heterocycles. The van der Waals surface area contributed by atoms with E-state index in [0.717, 1.165) is 11.8 Å². The number of aromatic nitrogens is 1. The Kier molecular flexibility index (Phi) is 2.56. The molecule has 1 heterocycles. The number of rotatable bonds is 2. The number of nitrogens with zero attached hydrogens (tertiary/aromatic N) is 1. The van der Waals surface area contributed by atoms with Crippen LogP contribution in [0, 0.1) is 23.7 Å². The van der Waals surface area contributed by atoms with Crippen molar-refractivity contribution in [1.82, 2.24) is 4.57 Å². The Bertz CT molecular complexity index is 590. The second-order valence-corrected chi connectivity index (χ2v) is 6.89. The van der Waals surface area contributed by atoms with Crippen molar-refractivity contribution in [2.45, 2.75) is 38.1 Å². The van der Waals surface area contributed by atoms with Crippen LogP contribution in [0.25, 0.3) is 0 Å². The zero-order chi connectivity index (χ0) is 13.9. The van der Waals surface area contributed by atoms with E-state index in [-0.39, 0.29) is 17.2 Å². The topological polar surface area (TPSA) is 59.3 Å². The van der Waals surface area contributed by atoms with Crippen molar-refractivity contribution < 1.29 is 9.90 Å².